The van der Waals surface area contributed by atoms with E-state index in [0.717, 1.165) is 0 Å². The van der Waals surface area contributed by atoms with E-state index in [0.29, 0.717) is 28.5 Å². The highest BCUT2D eigenvalue weighted by Crippen LogP contribution is 2.28. The Hall–Kier alpha value is -4.45. The number of aryl methyl sites for hydroxylation is 1. The second kappa shape index (κ2) is 12.0. The molecule has 2 heterocycles. The largest absolute Gasteiger partial charge is 0.444 e. The summed E-state index contributed by atoms with van der Waals surface area (Å²) in [6.45, 7) is -0.0852. The molecule has 2 aromatic heterocycles. The van der Waals surface area contributed by atoms with Gasteiger partial charge in [0.1, 0.15) is 18.2 Å². The minimum absolute atomic E-state index is 0.0852. The van der Waals surface area contributed by atoms with Crippen LogP contribution in [0.5, 0.6) is 0 Å². The molecule has 2 N–H and O–H groups in total. The molecule has 0 spiro atoms. The molecule has 190 valence electrons. The molecule has 2 amide bonds. The molecule has 10 nitrogen and oxygen atoms in total. The van der Waals surface area contributed by atoms with Crippen molar-refractivity contribution in [1.82, 2.24) is 19.7 Å². The van der Waals surface area contributed by atoms with Gasteiger partial charge in [0, 0.05) is 43.7 Å². The van der Waals surface area contributed by atoms with Crippen LogP contribution in [-0.2, 0) is 23.2 Å². The lowest BCUT2D eigenvalue weighted by atomic mass is 10.2. The van der Waals surface area contributed by atoms with Crippen molar-refractivity contribution in [1.29, 1.82) is 0 Å². The molecule has 2 aromatic carbocycles. The topological polar surface area (TPSA) is 114 Å². The molecule has 0 aliphatic heterocycles. The molecule has 0 bridgehead atoms. The molecule has 0 unspecified atom stereocenters. The fourth-order valence-corrected chi connectivity index (χ4v) is 3.50. The van der Waals surface area contributed by atoms with Crippen molar-refractivity contribution in [2.75, 3.05) is 21.3 Å². The number of aromatic nitrogens is 4. The maximum Gasteiger partial charge on any atom is 0.420 e. The van der Waals surface area contributed by atoms with Gasteiger partial charge in [-0.3, -0.25) is 9.48 Å². The molecule has 4 rings (SSSR count). The van der Waals surface area contributed by atoms with Gasteiger partial charge in [0.25, 0.3) is 0 Å². The summed E-state index contributed by atoms with van der Waals surface area (Å²) < 4.78 is 20.4. The maximum atomic E-state index is 13.3. The van der Waals surface area contributed by atoms with Crippen molar-refractivity contribution in [2.24, 2.45) is 7.05 Å². The van der Waals surface area contributed by atoms with Gasteiger partial charge in [-0.2, -0.15) is 22.7 Å². The van der Waals surface area contributed by atoms with Crippen LogP contribution in [0, 0.1) is 5.82 Å². The first-order chi connectivity index (χ1) is 17.9. The predicted octanol–water partition coefficient (Wildman–Crippen LogP) is 4.83. The Balaban J connectivity index is 1.63. The lowest BCUT2D eigenvalue weighted by Gasteiger charge is -2.22. The van der Waals surface area contributed by atoms with Crippen molar-refractivity contribution in [3.63, 3.8) is 0 Å². The predicted molar refractivity (Wildman–Crippen MR) is 141 cm³/mol. The van der Waals surface area contributed by atoms with Gasteiger partial charge in [0.2, 0.25) is 11.9 Å². The number of halogens is 1. The number of thiol groups is 1. The molecule has 0 fully saturated rings. The first kappa shape index (κ1) is 25.6. The minimum Gasteiger partial charge on any atom is -0.444 e. The van der Waals surface area contributed by atoms with Crippen LogP contribution in [0.4, 0.5) is 38.1 Å². The normalized spacial score (nSPS) is 10.6. The second-order valence-corrected chi connectivity index (χ2v) is 8.27. The van der Waals surface area contributed by atoms with E-state index < -0.39 is 6.09 Å². The van der Waals surface area contributed by atoms with Crippen LogP contribution in [0.3, 0.4) is 0 Å². The Labute approximate surface area is 217 Å². The fourth-order valence-electron chi connectivity index (χ4n) is 3.30. The minimum atomic E-state index is -0.731. The Morgan fingerprint density at radius 2 is 1.95 bits per heavy atom. The van der Waals surface area contributed by atoms with E-state index in [9.17, 15) is 14.0 Å². The van der Waals surface area contributed by atoms with Gasteiger partial charge in [-0.15, -0.1) is 0 Å². The summed E-state index contributed by atoms with van der Waals surface area (Å²) in [6.07, 6.45) is 2.77. The number of carbonyl (C=O) groups excluding carboxylic acids is 2. The molecule has 0 atom stereocenters. The van der Waals surface area contributed by atoms with Crippen LogP contribution in [0.15, 0.2) is 73.1 Å². The van der Waals surface area contributed by atoms with E-state index in [4.69, 9.17) is 4.74 Å². The van der Waals surface area contributed by atoms with Crippen molar-refractivity contribution >= 4 is 53.6 Å². The molecule has 0 saturated heterocycles. The molecule has 37 heavy (non-hydrogen) atoms. The number of hydrogen-bond donors (Lipinski definition) is 3. The smallest absolute Gasteiger partial charge is 0.420 e. The fraction of sp³-hybridized carbons (Fsp3) is 0.160. The summed E-state index contributed by atoms with van der Waals surface area (Å²) in [6, 6.07) is 15.7. The number of amides is 2. The molecule has 0 aliphatic rings. The van der Waals surface area contributed by atoms with Crippen molar-refractivity contribution in [2.45, 2.75) is 13.0 Å². The van der Waals surface area contributed by atoms with Gasteiger partial charge in [-0.25, -0.2) is 19.1 Å². The number of nitrogens with one attached hydrogen (secondary N) is 2. The zero-order chi connectivity index (χ0) is 26.2. The standard InChI is InChI=1S/C25H24FN7O3S/c1-32-13-10-21(31-32)29-24-27-12-9-22(30-24)33(25(35)36-16-17-5-7-18(26)8-6-17)20-4-2-3-19(15-20)28-23(34)11-14-37/h2-10,12-13,15,37H,11,14,16H2,1H3,(H,28,34)(H,27,29,30,31). The number of rotatable bonds is 9. The van der Waals surface area contributed by atoms with Crippen LogP contribution in [0.1, 0.15) is 12.0 Å². The van der Waals surface area contributed by atoms with Crippen LogP contribution >= 0.6 is 12.6 Å². The van der Waals surface area contributed by atoms with E-state index in [1.54, 1.807) is 54.3 Å². The Morgan fingerprint density at radius 1 is 1.14 bits per heavy atom. The van der Waals surface area contributed by atoms with Crippen LogP contribution in [0.2, 0.25) is 0 Å². The molecule has 4 aromatic rings. The van der Waals surface area contributed by atoms with Gasteiger partial charge in [0.15, 0.2) is 5.82 Å². The molecular formula is C25H24FN7O3S. The highest BCUT2D eigenvalue weighted by atomic mass is 32.1. The Morgan fingerprint density at radius 3 is 2.68 bits per heavy atom. The Bertz CT molecular complexity index is 1380. The zero-order valence-corrected chi connectivity index (χ0v) is 20.7. The van der Waals surface area contributed by atoms with Crippen molar-refractivity contribution < 1.29 is 18.7 Å². The van der Waals surface area contributed by atoms with E-state index >= 15 is 0 Å². The third-order valence-electron chi connectivity index (χ3n) is 5.01. The maximum absolute atomic E-state index is 13.3. The van der Waals surface area contributed by atoms with Crippen molar-refractivity contribution in [3.8, 4) is 0 Å². The van der Waals surface area contributed by atoms with E-state index in [2.05, 4.69) is 38.3 Å². The van der Waals surface area contributed by atoms with Crippen LogP contribution in [0.25, 0.3) is 0 Å². The number of carbonyl (C=O) groups is 2. The third kappa shape index (κ3) is 7.04. The summed E-state index contributed by atoms with van der Waals surface area (Å²) in [5.41, 5.74) is 1.50. The zero-order valence-electron chi connectivity index (χ0n) is 19.8. The first-order valence-corrected chi connectivity index (χ1v) is 11.9. The average Bonchev–Trinajstić information content (AvgIpc) is 3.29. The lowest BCUT2D eigenvalue weighted by molar-refractivity contribution is -0.115. The SMILES string of the molecule is Cn1ccc(Nc2nccc(N(C(=O)OCc3ccc(F)cc3)c3cccc(NC(=O)CCS)c3)n2)n1. The van der Waals surface area contributed by atoms with Gasteiger partial charge >= 0.3 is 6.09 Å². The summed E-state index contributed by atoms with van der Waals surface area (Å²) >= 11 is 4.08. The quantitative estimate of drug-likeness (QED) is 0.271. The molecule has 0 aliphatic carbocycles. The van der Waals surface area contributed by atoms with Gasteiger partial charge in [-0.05, 0) is 41.6 Å². The molecule has 0 saturated carbocycles. The van der Waals surface area contributed by atoms with E-state index in [1.807, 2.05) is 0 Å². The van der Waals surface area contributed by atoms with E-state index in [1.165, 1.54) is 35.4 Å². The number of nitrogens with zero attached hydrogens (tertiary/aromatic N) is 5. The first-order valence-electron chi connectivity index (χ1n) is 11.2. The summed E-state index contributed by atoms with van der Waals surface area (Å²) in [4.78, 5) is 35.3. The number of benzene rings is 2. The Kier molecular flexibility index (Phi) is 8.31. The van der Waals surface area contributed by atoms with Crippen LogP contribution in [-0.4, -0.2) is 37.5 Å². The monoisotopic (exact) mass is 521 g/mol. The highest BCUT2D eigenvalue weighted by Gasteiger charge is 2.22. The molecule has 0 radical (unpaired) electrons. The molecule has 12 heteroatoms. The van der Waals surface area contributed by atoms with Gasteiger partial charge < -0.3 is 15.4 Å². The van der Waals surface area contributed by atoms with Gasteiger partial charge in [-0.1, -0.05) is 18.2 Å². The van der Waals surface area contributed by atoms with Crippen LogP contribution < -0.4 is 15.5 Å². The third-order valence-corrected chi connectivity index (χ3v) is 5.23. The lowest BCUT2D eigenvalue weighted by Crippen LogP contribution is -2.28. The summed E-state index contributed by atoms with van der Waals surface area (Å²) in [5, 5.41) is 10.0. The van der Waals surface area contributed by atoms with E-state index in [-0.39, 0.29) is 36.5 Å². The second-order valence-electron chi connectivity index (χ2n) is 7.83. The average molecular weight is 522 g/mol. The van der Waals surface area contributed by atoms with Gasteiger partial charge in [0.05, 0.1) is 5.69 Å². The summed E-state index contributed by atoms with van der Waals surface area (Å²) in [5.74, 6) is 0.769. The molecular weight excluding hydrogens is 497 g/mol. The highest BCUT2D eigenvalue weighted by molar-refractivity contribution is 7.80. The summed E-state index contributed by atoms with van der Waals surface area (Å²) in [7, 11) is 1.78. The van der Waals surface area contributed by atoms with Crippen molar-refractivity contribution in [3.05, 3.63) is 84.4 Å². The number of ether oxygens (including phenoxy) is 1. The number of hydrogen-bond acceptors (Lipinski definition) is 8. The number of anilines is 5.